The van der Waals surface area contributed by atoms with Crippen molar-refractivity contribution in [2.24, 2.45) is 16.6 Å². The van der Waals surface area contributed by atoms with Crippen LogP contribution >= 0.6 is 35.3 Å². The van der Waals surface area contributed by atoms with Crippen molar-refractivity contribution in [3.05, 3.63) is 52.2 Å². The van der Waals surface area contributed by atoms with E-state index in [2.05, 4.69) is 37.5 Å². The maximum Gasteiger partial charge on any atom is 0.573 e. The lowest BCUT2D eigenvalue weighted by Gasteiger charge is -2.32. The van der Waals surface area contributed by atoms with Crippen molar-refractivity contribution in [3.63, 3.8) is 0 Å². The molecule has 2 heterocycles. The van der Waals surface area contributed by atoms with Gasteiger partial charge in [-0.05, 0) is 54.4 Å². The molecule has 1 aliphatic heterocycles. The summed E-state index contributed by atoms with van der Waals surface area (Å²) in [5, 5.41) is 5.28. The lowest BCUT2D eigenvalue weighted by molar-refractivity contribution is -0.274. The van der Waals surface area contributed by atoms with E-state index in [9.17, 15) is 13.2 Å². The molecule has 2 aromatic rings. The van der Waals surface area contributed by atoms with E-state index in [1.165, 1.54) is 23.4 Å². The summed E-state index contributed by atoms with van der Waals surface area (Å²) in [7, 11) is 0. The monoisotopic (exact) mass is 554 g/mol. The predicted molar refractivity (Wildman–Crippen MR) is 124 cm³/mol. The summed E-state index contributed by atoms with van der Waals surface area (Å²) in [4.78, 5) is 8.12. The van der Waals surface area contributed by atoms with Crippen LogP contribution in [0.4, 0.5) is 13.2 Å². The highest BCUT2D eigenvalue weighted by Crippen LogP contribution is 2.23. The van der Waals surface area contributed by atoms with Crippen molar-refractivity contribution in [3.8, 4) is 5.75 Å². The lowest BCUT2D eigenvalue weighted by Crippen LogP contribution is -2.42. The summed E-state index contributed by atoms with van der Waals surface area (Å²) < 4.78 is 40.4. The number of halogens is 4. The fourth-order valence-corrected chi connectivity index (χ4v) is 4.11. The summed E-state index contributed by atoms with van der Waals surface area (Å²) in [5.74, 6) is 0.605. The maximum atomic E-state index is 12.2. The summed E-state index contributed by atoms with van der Waals surface area (Å²) in [5.41, 5.74) is 6.70. The third-order valence-corrected chi connectivity index (χ3v) is 5.58. The molecule has 1 aromatic heterocycles. The number of nitrogens with zero attached hydrogens (tertiary/aromatic N) is 2. The molecule has 0 bridgehead atoms. The molecule has 10 heteroatoms. The SMILES string of the molecule is I.NC(=NCc1ccc(OC(F)(F)F)cc1)NCC1CCCN(Cc2cccs2)C1. The number of piperidine rings is 1. The van der Waals surface area contributed by atoms with Gasteiger partial charge in [0.15, 0.2) is 5.96 Å². The third-order valence-electron chi connectivity index (χ3n) is 4.72. The Labute approximate surface area is 195 Å². The second-order valence-electron chi connectivity index (χ2n) is 7.10. The number of guanidine groups is 1. The largest absolute Gasteiger partial charge is 0.573 e. The van der Waals surface area contributed by atoms with Gasteiger partial charge in [0.05, 0.1) is 6.54 Å². The normalized spacial score (nSPS) is 18.0. The molecule has 1 aliphatic rings. The van der Waals surface area contributed by atoms with E-state index in [1.54, 1.807) is 23.5 Å². The molecule has 1 fully saturated rings. The molecule has 1 aromatic carbocycles. The van der Waals surface area contributed by atoms with Crippen LogP contribution in [0.5, 0.6) is 5.75 Å². The van der Waals surface area contributed by atoms with Crippen molar-refractivity contribution in [2.75, 3.05) is 19.6 Å². The minimum absolute atomic E-state index is 0. The summed E-state index contributed by atoms with van der Waals surface area (Å²) in [6, 6.07) is 9.87. The summed E-state index contributed by atoms with van der Waals surface area (Å²) in [6.45, 7) is 4.19. The molecule has 0 saturated carbocycles. The van der Waals surface area contributed by atoms with Gasteiger partial charge in [-0.1, -0.05) is 18.2 Å². The molecule has 0 amide bonds. The maximum absolute atomic E-state index is 12.2. The van der Waals surface area contributed by atoms with Crippen LogP contribution in [0.15, 0.2) is 46.8 Å². The minimum Gasteiger partial charge on any atom is -0.406 e. The number of hydrogen-bond acceptors (Lipinski definition) is 4. The number of hydrogen-bond donors (Lipinski definition) is 2. The smallest absolute Gasteiger partial charge is 0.406 e. The number of likely N-dealkylation sites (tertiary alicyclic amines) is 1. The van der Waals surface area contributed by atoms with E-state index in [0.29, 0.717) is 18.4 Å². The zero-order valence-electron chi connectivity index (χ0n) is 16.4. The number of benzene rings is 1. The van der Waals surface area contributed by atoms with Crippen LogP contribution in [0, 0.1) is 5.92 Å². The fourth-order valence-electron chi connectivity index (χ4n) is 3.36. The second-order valence-corrected chi connectivity index (χ2v) is 8.13. The van der Waals surface area contributed by atoms with E-state index in [1.807, 2.05) is 0 Å². The zero-order valence-corrected chi connectivity index (χ0v) is 19.5. The van der Waals surface area contributed by atoms with Gasteiger partial charge in [0.2, 0.25) is 0 Å². The Morgan fingerprint density at radius 1 is 1.27 bits per heavy atom. The Morgan fingerprint density at radius 2 is 2.03 bits per heavy atom. The Hall–Kier alpha value is -1.53. The number of ether oxygens (including phenoxy) is 1. The summed E-state index contributed by atoms with van der Waals surface area (Å²) >= 11 is 1.78. The first kappa shape index (κ1) is 24.7. The van der Waals surface area contributed by atoms with E-state index in [-0.39, 0.29) is 29.7 Å². The van der Waals surface area contributed by atoms with Crippen molar-refractivity contribution in [1.82, 2.24) is 10.2 Å². The van der Waals surface area contributed by atoms with Gasteiger partial charge in [-0.15, -0.1) is 48.5 Å². The Morgan fingerprint density at radius 3 is 2.70 bits per heavy atom. The molecule has 1 unspecified atom stereocenters. The topological polar surface area (TPSA) is 62.9 Å². The van der Waals surface area contributed by atoms with Crippen LogP contribution in [0.25, 0.3) is 0 Å². The quantitative estimate of drug-likeness (QED) is 0.299. The molecule has 5 nitrogen and oxygen atoms in total. The molecule has 0 radical (unpaired) electrons. The molecule has 0 spiro atoms. The number of nitrogens with one attached hydrogen (secondary N) is 1. The molecule has 3 N–H and O–H groups in total. The van der Waals surface area contributed by atoms with E-state index < -0.39 is 6.36 Å². The molecule has 1 atom stereocenters. The number of rotatable bonds is 7. The highest BCUT2D eigenvalue weighted by atomic mass is 127. The minimum atomic E-state index is -4.69. The average molecular weight is 554 g/mol. The standard InChI is InChI=1S/C20H25F3N4OS.HI/c21-20(22,23)28-17-7-5-15(6-8-17)11-25-19(24)26-12-16-3-1-9-27(13-16)14-18-4-2-10-29-18;/h2,4-8,10,16H,1,3,9,11-14H2,(H3,24,25,26);1H. The van der Waals surface area contributed by atoms with Crippen LogP contribution in [0.3, 0.4) is 0 Å². The van der Waals surface area contributed by atoms with Crippen molar-refractivity contribution < 1.29 is 17.9 Å². The van der Waals surface area contributed by atoms with Crippen molar-refractivity contribution >= 4 is 41.3 Å². The third kappa shape index (κ3) is 8.68. The number of alkyl halides is 3. The first-order valence-electron chi connectivity index (χ1n) is 9.50. The van der Waals surface area contributed by atoms with Crippen LogP contribution in [-0.2, 0) is 13.1 Å². The van der Waals surface area contributed by atoms with Gasteiger partial charge in [-0.2, -0.15) is 0 Å². The fraction of sp³-hybridized carbons (Fsp3) is 0.450. The van der Waals surface area contributed by atoms with Crippen LogP contribution < -0.4 is 15.8 Å². The number of thiophene rings is 1. The van der Waals surface area contributed by atoms with E-state index in [4.69, 9.17) is 5.73 Å². The molecular formula is C20H26F3IN4OS. The van der Waals surface area contributed by atoms with E-state index >= 15 is 0 Å². The molecule has 0 aliphatic carbocycles. The molecule has 30 heavy (non-hydrogen) atoms. The van der Waals surface area contributed by atoms with Gasteiger partial charge >= 0.3 is 6.36 Å². The molecular weight excluding hydrogens is 528 g/mol. The van der Waals surface area contributed by atoms with Gasteiger partial charge in [0.1, 0.15) is 5.75 Å². The number of nitrogens with two attached hydrogens (primary N) is 1. The van der Waals surface area contributed by atoms with Gasteiger partial charge in [-0.25, -0.2) is 4.99 Å². The van der Waals surface area contributed by atoms with Gasteiger partial charge in [0, 0.05) is 24.5 Å². The van der Waals surface area contributed by atoms with Gasteiger partial charge in [0.25, 0.3) is 0 Å². The lowest BCUT2D eigenvalue weighted by atomic mass is 9.98. The Kier molecular flexibility index (Phi) is 9.69. The van der Waals surface area contributed by atoms with Crippen molar-refractivity contribution in [2.45, 2.75) is 32.3 Å². The summed E-state index contributed by atoms with van der Waals surface area (Å²) in [6.07, 6.45) is -2.37. The van der Waals surface area contributed by atoms with Gasteiger partial charge < -0.3 is 15.8 Å². The first-order chi connectivity index (χ1) is 13.9. The second kappa shape index (κ2) is 11.8. The highest BCUT2D eigenvalue weighted by molar-refractivity contribution is 14.0. The van der Waals surface area contributed by atoms with Gasteiger partial charge in [-0.3, -0.25) is 4.90 Å². The highest BCUT2D eigenvalue weighted by Gasteiger charge is 2.30. The predicted octanol–water partition coefficient (Wildman–Crippen LogP) is 4.58. The van der Waals surface area contributed by atoms with Crippen molar-refractivity contribution in [1.29, 1.82) is 0 Å². The van der Waals surface area contributed by atoms with Crippen LogP contribution in [-0.4, -0.2) is 36.9 Å². The number of aliphatic imine (C=N–C) groups is 1. The Bertz CT molecular complexity index is 784. The molecule has 166 valence electrons. The van der Waals surface area contributed by atoms with Crippen LogP contribution in [0.2, 0.25) is 0 Å². The van der Waals surface area contributed by atoms with Crippen LogP contribution in [0.1, 0.15) is 23.3 Å². The molecule has 1 saturated heterocycles. The first-order valence-corrected chi connectivity index (χ1v) is 10.4. The Balaban J connectivity index is 0.00000320. The average Bonchev–Trinajstić information content (AvgIpc) is 3.18. The molecule has 3 rings (SSSR count). The van der Waals surface area contributed by atoms with E-state index in [0.717, 1.165) is 38.2 Å². The zero-order chi connectivity index (χ0) is 20.7.